The van der Waals surface area contributed by atoms with Gasteiger partial charge in [0.15, 0.2) is 0 Å². The molecule has 1 aromatic heterocycles. The molecule has 0 aliphatic carbocycles. The van der Waals surface area contributed by atoms with Gasteiger partial charge in [-0.15, -0.1) is 0 Å². The van der Waals surface area contributed by atoms with Crippen LogP contribution in [0.25, 0.3) is 6.08 Å². The number of nitrogens with zero attached hydrogens (tertiary/aromatic N) is 4. The van der Waals surface area contributed by atoms with Crippen LogP contribution < -0.4 is 10.5 Å². The summed E-state index contributed by atoms with van der Waals surface area (Å²) in [6, 6.07) is 2.00. The average molecular weight is 491 g/mol. The zero-order valence-electron chi connectivity index (χ0n) is 18.6. The van der Waals surface area contributed by atoms with Crippen molar-refractivity contribution in [1.29, 1.82) is 5.26 Å². The Labute approximate surface area is 201 Å². The molecule has 33 heavy (non-hydrogen) atoms. The number of thioether (sulfide) groups is 1. The maximum absolute atomic E-state index is 13.1. The Morgan fingerprint density at radius 2 is 1.97 bits per heavy atom. The fraction of sp³-hybridized carbons (Fsp3) is 0.500. The lowest BCUT2D eigenvalue weighted by atomic mass is 10.0. The van der Waals surface area contributed by atoms with E-state index in [-0.39, 0.29) is 23.5 Å². The molecule has 2 saturated heterocycles. The van der Waals surface area contributed by atoms with E-state index in [1.165, 1.54) is 21.2 Å². The van der Waals surface area contributed by atoms with Gasteiger partial charge in [0, 0.05) is 38.7 Å². The molecule has 2 aliphatic rings. The van der Waals surface area contributed by atoms with Gasteiger partial charge in [-0.1, -0.05) is 30.4 Å². The summed E-state index contributed by atoms with van der Waals surface area (Å²) in [5.41, 5.74) is 0.857. The van der Waals surface area contributed by atoms with Gasteiger partial charge in [-0.25, -0.2) is 0 Å². The summed E-state index contributed by atoms with van der Waals surface area (Å²) in [6.45, 7) is 4.38. The van der Waals surface area contributed by atoms with E-state index in [9.17, 15) is 19.6 Å². The molecule has 0 unspecified atom stereocenters. The number of hydrogen-bond donors (Lipinski definition) is 1. The molecule has 2 fully saturated rings. The van der Waals surface area contributed by atoms with Crippen molar-refractivity contribution in [3.05, 3.63) is 31.9 Å². The third-order valence-corrected chi connectivity index (χ3v) is 7.08. The Bertz CT molecular complexity index is 1100. The highest BCUT2D eigenvalue weighted by Gasteiger charge is 2.33. The summed E-state index contributed by atoms with van der Waals surface area (Å²) in [4.78, 5) is 40.5. The summed E-state index contributed by atoms with van der Waals surface area (Å²) in [7, 11) is 1.63. The van der Waals surface area contributed by atoms with E-state index >= 15 is 0 Å². The number of aliphatic carboxylic acids is 1. The van der Waals surface area contributed by atoms with E-state index in [1.807, 2.05) is 11.0 Å². The molecule has 1 N–H and O–H groups in total. The van der Waals surface area contributed by atoms with E-state index in [0.717, 1.165) is 0 Å². The van der Waals surface area contributed by atoms with E-state index in [0.29, 0.717) is 78.3 Å². The predicted molar refractivity (Wildman–Crippen MR) is 130 cm³/mol. The number of thiocarbonyl (C=S) groups is 1. The number of aromatic nitrogens is 1. The number of anilines is 1. The molecule has 3 rings (SSSR count). The van der Waals surface area contributed by atoms with Gasteiger partial charge in [0.2, 0.25) is 0 Å². The van der Waals surface area contributed by atoms with Crippen LogP contribution in [0.15, 0.2) is 9.70 Å². The maximum Gasteiger partial charge on any atom is 0.303 e. The number of carbonyl (C=O) groups is 2. The summed E-state index contributed by atoms with van der Waals surface area (Å²) in [6.07, 6.45) is 3.73. The SMILES string of the molecule is Cc1c(/C=C2\SC(=S)N(CCCCCC(=O)O)C2=O)c(N2CCOCC2)n(C)c(=O)c1C#N. The Morgan fingerprint density at radius 3 is 2.61 bits per heavy atom. The van der Waals surface area contributed by atoms with Gasteiger partial charge in [0.1, 0.15) is 21.8 Å². The number of carboxylic acid groups (broad SMARTS) is 1. The molecule has 1 amide bonds. The smallest absolute Gasteiger partial charge is 0.303 e. The Kier molecular flexibility index (Phi) is 8.29. The summed E-state index contributed by atoms with van der Waals surface area (Å²) in [5, 5.41) is 18.3. The van der Waals surface area contributed by atoms with Gasteiger partial charge < -0.3 is 14.7 Å². The lowest BCUT2D eigenvalue weighted by Gasteiger charge is -2.32. The number of pyridine rings is 1. The number of unbranched alkanes of at least 4 members (excludes halogenated alkanes) is 2. The topological polar surface area (TPSA) is 116 Å². The van der Waals surface area contributed by atoms with Crippen molar-refractivity contribution in [2.45, 2.75) is 32.6 Å². The molecule has 0 saturated carbocycles. The first-order valence-corrected chi connectivity index (χ1v) is 11.9. The van der Waals surface area contributed by atoms with E-state index in [2.05, 4.69) is 0 Å². The van der Waals surface area contributed by atoms with Crippen LogP contribution in [-0.4, -0.2) is 63.6 Å². The standard InChI is InChI=1S/C22H26N4O5S2/c1-14-15(19(25-8-10-31-11-9-25)24(2)20(29)16(14)13-23)12-17-21(30)26(22(32)33-17)7-5-3-4-6-18(27)28/h12H,3-11H2,1-2H3,(H,27,28)/b17-12-. The fourth-order valence-corrected chi connectivity index (χ4v) is 5.21. The lowest BCUT2D eigenvalue weighted by Crippen LogP contribution is -2.40. The second kappa shape index (κ2) is 11.0. The zero-order valence-corrected chi connectivity index (χ0v) is 20.3. The van der Waals surface area contributed by atoms with Crippen molar-refractivity contribution in [2.24, 2.45) is 7.05 Å². The molecule has 0 spiro atoms. The molecule has 3 heterocycles. The quantitative estimate of drug-likeness (QED) is 0.333. The minimum absolute atomic E-state index is 0.0506. The van der Waals surface area contributed by atoms with Gasteiger partial charge in [0.25, 0.3) is 11.5 Å². The van der Waals surface area contributed by atoms with Crippen molar-refractivity contribution >= 4 is 52.1 Å². The highest BCUT2D eigenvalue weighted by atomic mass is 32.2. The molecule has 9 nitrogen and oxygen atoms in total. The monoisotopic (exact) mass is 490 g/mol. The summed E-state index contributed by atoms with van der Waals surface area (Å²) < 4.78 is 7.35. The number of nitriles is 1. The molecule has 1 aromatic rings. The van der Waals surface area contributed by atoms with Gasteiger partial charge in [0.05, 0.1) is 18.1 Å². The second-order valence-electron chi connectivity index (χ2n) is 7.85. The van der Waals surface area contributed by atoms with Crippen molar-refractivity contribution < 1.29 is 19.4 Å². The maximum atomic E-state index is 13.1. The summed E-state index contributed by atoms with van der Waals surface area (Å²) in [5.74, 6) is -0.398. The van der Waals surface area contributed by atoms with E-state index in [1.54, 1.807) is 20.0 Å². The number of carbonyl (C=O) groups excluding carboxylic acids is 1. The first-order valence-electron chi connectivity index (χ1n) is 10.7. The van der Waals surface area contributed by atoms with Crippen molar-refractivity contribution in [3.8, 4) is 6.07 Å². The number of carboxylic acids is 1. The number of ether oxygens (including phenoxy) is 1. The van der Waals surface area contributed by atoms with Crippen LogP contribution >= 0.6 is 24.0 Å². The molecule has 11 heteroatoms. The molecule has 2 aliphatic heterocycles. The first-order chi connectivity index (χ1) is 15.8. The van der Waals surface area contributed by atoms with Crippen molar-refractivity contribution in [1.82, 2.24) is 9.47 Å². The Morgan fingerprint density at radius 1 is 1.27 bits per heavy atom. The summed E-state index contributed by atoms with van der Waals surface area (Å²) >= 11 is 6.61. The average Bonchev–Trinajstić information content (AvgIpc) is 3.05. The second-order valence-corrected chi connectivity index (χ2v) is 9.53. The minimum Gasteiger partial charge on any atom is -0.481 e. The number of morpholine rings is 1. The van der Waals surface area contributed by atoms with Crippen LogP contribution in [0.5, 0.6) is 0 Å². The minimum atomic E-state index is -0.830. The molecule has 176 valence electrons. The van der Waals surface area contributed by atoms with Crippen LogP contribution in [-0.2, 0) is 21.4 Å². The van der Waals surface area contributed by atoms with Gasteiger partial charge in [-0.3, -0.25) is 23.9 Å². The number of hydrogen-bond acceptors (Lipinski definition) is 8. The van der Waals surface area contributed by atoms with Gasteiger partial charge in [-0.05, 0) is 31.4 Å². The molecule has 0 radical (unpaired) electrons. The highest BCUT2D eigenvalue weighted by molar-refractivity contribution is 8.26. The third-order valence-electron chi connectivity index (χ3n) is 5.70. The molecule has 0 bridgehead atoms. The van der Waals surface area contributed by atoms with Crippen LogP contribution in [0, 0.1) is 18.3 Å². The van der Waals surface area contributed by atoms with Crippen molar-refractivity contribution in [3.63, 3.8) is 0 Å². The largest absolute Gasteiger partial charge is 0.481 e. The highest BCUT2D eigenvalue weighted by Crippen LogP contribution is 2.36. The first kappa shape index (κ1) is 25.0. The van der Waals surface area contributed by atoms with Crippen LogP contribution in [0.1, 0.15) is 42.4 Å². The normalized spacial score (nSPS) is 17.7. The van der Waals surface area contributed by atoms with Gasteiger partial charge in [-0.2, -0.15) is 5.26 Å². The van der Waals surface area contributed by atoms with Crippen LogP contribution in [0.4, 0.5) is 5.82 Å². The Hall–Kier alpha value is -2.68. The van der Waals surface area contributed by atoms with Crippen molar-refractivity contribution in [2.75, 3.05) is 37.7 Å². The van der Waals surface area contributed by atoms with Gasteiger partial charge >= 0.3 is 5.97 Å². The zero-order chi connectivity index (χ0) is 24.1. The third kappa shape index (κ3) is 5.46. The molecule has 0 atom stereocenters. The van der Waals surface area contributed by atoms with Crippen LogP contribution in [0.2, 0.25) is 0 Å². The molecule has 0 aromatic carbocycles. The number of rotatable bonds is 8. The molecular weight excluding hydrogens is 464 g/mol. The van der Waals surface area contributed by atoms with E-state index in [4.69, 9.17) is 22.1 Å². The van der Waals surface area contributed by atoms with Crippen LogP contribution in [0.3, 0.4) is 0 Å². The van der Waals surface area contributed by atoms with E-state index < -0.39 is 5.97 Å². The predicted octanol–water partition coefficient (Wildman–Crippen LogP) is 2.25. The number of amides is 1. The Balaban J connectivity index is 1.92. The fourth-order valence-electron chi connectivity index (χ4n) is 3.92. The molecular formula is C22H26N4O5S2. The lowest BCUT2D eigenvalue weighted by molar-refractivity contribution is -0.137.